The largest absolute Gasteiger partial charge is 0.394 e. The van der Waals surface area contributed by atoms with E-state index in [9.17, 15) is 9.59 Å². The SMILES string of the molecule is CC1(C)C(=O)N(CCOCCOCCO)C(=O)N1CCOCCOCCO. The van der Waals surface area contributed by atoms with E-state index in [4.69, 9.17) is 29.2 Å². The molecular weight excluding hydrogens is 360 g/mol. The summed E-state index contributed by atoms with van der Waals surface area (Å²) < 4.78 is 20.9. The van der Waals surface area contributed by atoms with Crippen molar-refractivity contribution in [3.05, 3.63) is 0 Å². The smallest absolute Gasteiger partial charge is 0.327 e. The van der Waals surface area contributed by atoms with E-state index in [1.54, 1.807) is 13.8 Å². The molecule has 1 aliphatic rings. The van der Waals surface area contributed by atoms with Gasteiger partial charge in [-0.3, -0.25) is 9.69 Å². The van der Waals surface area contributed by atoms with Crippen molar-refractivity contribution in [2.24, 2.45) is 0 Å². The first-order valence-corrected chi connectivity index (χ1v) is 9.13. The van der Waals surface area contributed by atoms with Crippen molar-refractivity contribution in [1.82, 2.24) is 9.80 Å². The van der Waals surface area contributed by atoms with Gasteiger partial charge in [-0.05, 0) is 13.8 Å². The third kappa shape index (κ3) is 7.68. The Morgan fingerprint density at radius 2 is 1.19 bits per heavy atom. The summed E-state index contributed by atoms with van der Waals surface area (Å²) in [4.78, 5) is 27.8. The Kier molecular flexibility index (Phi) is 11.4. The van der Waals surface area contributed by atoms with E-state index in [0.717, 1.165) is 0 Å². The lowest BCUT2D eigenvalue weighted by Gasteiger charge is -2.27. The molecule has 0 atom stereocenters. The Labute approximate surface area is 159 Å². The van der Waals surface area contributed by atoms with Gasteiger partial charge in [0.05, 0.1) is 72.6 Å². The molecule has 0 bridgehead atoms. The molecule has 1 aliphatic heterocycles. The lowest BCUT2D eigenvalue weighted by atomic mass is 10.0. The Morgan fingerprint density at radius 3 is 1.67 bits per heavy atom. The van der Waals surface area contributed by atoms with Gasteiger partial charge in [-0.25, -0.2) is 4.79 Å². The van der Waals surface area contributed by atoms with E-state index in [2.05, 4.69) is 0 Å². The average Bonchev–Trinajstić information content (AvgIpc) is 2.80. The van der Waals surface area contributed by atoms with Crippen molar-refractivity contribution >= 4 is 11.9 Å². The molecule has 10 heteroatoms. The zero-order chi connectivity index (χ0) is 20.1. The molecule has 0 aromatic heterocycles. The predicted octanol–water partition coefficient (Wildman–Crippen LogP) is -0.920. The Morgan fingerprint density at radius 1 is 0.741 bits per heavy atom. The fourth-order valence-electron chi connectivity index (χ4n) is 2.57. The molecule has 3 amide bonds. The molecule has 10 nitrogen and oxygen atoms in total. The van der Waals surface area contributed by atoms with Crippen LogP contribution in [-0.4, -0.2) is 117 Å². The van der Waals surface area contributed by atoms with Crippen LogP contribution in [0.3, 0.4) is 0 Å². The zero-order valence-corrected chi connectivity index (χ0v) is 16.2. The molecule has 0 aliphatic carbocycles. The van der Waals surface area contributed by atoms with Gasteiger partial charge < -0.3 is 34.1 Å². The van der Waals surface area contributed by atoms with Crippen LogP contribution >= 0.6 is 0 Å². The van der Waals surface area contributed by atoms with Crippen LogP contribution in [0.25, 0.3) is 0 Å². The van der Waals surface area contributed by atoms with Gasteiger partial charge in [0.25, 0.3) is 5.91 Å². The van der Waals surface area contributed by atoms with Crippen LogP contribution in [0.5, 0.6) is 0 Å². The topological polar surface area (TPSA) is 118 Å². The zero-order valence-electron chi connectivity index (χ0n) is 16.2. The van der Waals surface area contributed by atoms with Crippen LogP contribution in [0.2, 0.25) is 0 Å². The summed E-state index contributed by atoms with van der Waals surface area (Å²) in [6, 6.07) is -0.356. The number of aliphatic hydroxyl groups excluding tert-OH is 2. The molecule has 0 radical (unpaired) electrons. The van der Waals surface area contributed by atoms with Crippen LogP contribution in [0.15, 0.2) is 0 Å². The second kappa shape index (κ2) is 13.0. The van der Waals surface area contributed by atoms with Gasteiger partial charge in [0, 0.05) is 6.54 Å². The van der Waals surface area contributed by atoms with Gasteiger partial charge in [-0.1, -0.05) is 0 Å². The monoisotopic (exact) mass is 392 g/mol. The summed E-state index contributed by atoms with van der Waals surface area (Å²) in [5.41, 5.74) is -0.932. The highest BCUT2D eigenvalue weighted by Crippen LogP contribution is 2.27. The van der Waals surface area contributed by atoms with Crippen LogP contribution in [-0.2, 0) is 23.7 Å². The summed E-state index contributed by atoms with van der Waals surface area (Å²) >= 11 is 0. The quantitative estimate of drug-likeness (QED) is 0.256. The molecule has 27 heavy (non-hydrogen) atoms. The van der Waals surface area contributed by atoms with E-state index in [1.165, 1.54) is 9.80 Å². The van der Waals surface area contributed by atoms with Crippen LogP contribution in [0.4, 0.5) is 4.79 Å². The van der Waals surface area contributed by atoms with Gasteiger partial charge in [0.2, 0.25) is 0 Å². The molecule has 1 rings (SSSR count). The number of nitrogens with zero attached hydrogens (tertiary/aromatic N) is 2. The van der Waals surface area contributed by atoms with Crippen molar-refractivity contribution in [2.75, 3.05) is 79.2 Å². The van der Waals surface area contributed by atoms with E-state index in [1.807, 2.05) is 0 Å². The number of rotatable bonds is 16. The molecule has 0 unspecified atom stereocenters. The fourth-order valence-corrected chi connectivity index (χ4v) is 2.57. The first-order valence-electron chi connectivity index (χ1n) is 9.13. The van der Waals surface area contributed by atoms with E-state index in [0.29, 0.717) is 33.0 Å². The summed E-state index contributed by atoms with van der Waals surface area (Å²) in [5.74, 6) is -0.265. The number of hydrogen-bond acceptors (Lipinski definition) is 8. The molecule has 2 N–H and O–H groups in total. The molecule has 0 spiro atoms. The van der Waals surface area contributed by atoms with E-state index >= 15 is 0 Å². The first-order chi connectivity index (χ1) is 13.0. The Bertz CT molecular complexity index is 447. The highest BCUT2D eigenvalue weighted by Gasteiger charge is 2.50. The van der Waals surface area contributed by atoms with Crippen LogP contribution < -0.4 is 0 Å². The maximum absolute atomic E-state index is 12.6. The minimum Gasteiger partial charge on any atom is -0.394 e. The molecule has 158 valence electrons. The highest BCUT2D eigenvalue weighted by atomic mass is 16.5. The number of ether oxygens (including phenoxy) is 4. The van der Waals surface area contributed by atoms with Gasteiger partial charge in [0.1, 0.15) is 5.54 Å². The van der Waals surface area contributed by atoms with Crippen molar-refractivity contribution in [3.8, 4) is 0 Å². The summed E-state index contributed by atoms with van der Waals surface area (Å²) in [5, 5.41) is 17.2. The van der Waals surface area contributed by atoms with Gasteiger partial charge in [-0.15, -0.1) is 0 Å². The number of hydrogen-bond donors (Lipinski definition) is 2. The summed E-state index contributed by atoms with van der Waals surface area (Å²) in [6.07, 6.45) is 0. The van der Waals surface area contributed by atoms with Crippen molar-refractivity contribution in [3.63, 3.8) is 0 Å². The predicted molar refractivity (Wildman–Crippen MR) is 95.3 cm³/mol. The number of aliphatic hydroxyl groups is 2. The molecule has 1 heterocycles. The lowest BCUT2D eigenvalue weighted by molar-refractivity contribution is -0.132. The van der Waals surface area contributed by atoms with Crippen molar-refractivity contribution in [2.45, 2.75) is 19.4 Å². The normalized spacial score (nSPS) is 16.6. The fraction of sp³-hybridized carbons (Fsp3) is 0.882. The minimum atomic E-state index is -0.932. The van der Waals surface area contributed by atoms with Crippen LogP contribution in [0, 0.1) is 0 Å². The second-order valence-electron chi connectivity index (χ2n) is 6.35. The number of carbonyl (C=O) groups is 2. The lowest BCUT2D eigenvalue weighted by Crippen LogP contribution is -2.45. The highest BCUT2D eigenvalue weighted by molar-refractivity contribution is 6.06. The van der Waals surface area contributed by atoms with Gasteiger partial charge >= 0.3 is 6.03 Å². The van der Waals surface area contributed by atoms with Gasteiger partial charge in [-0.2, -0.15) is 0 Å². The van der Waals surface area contributed by atoms with E-state index < -0.39 is 5.54 Å². The Balaban J connectivity index is 2.32. The second-order valence-corrected chi connectivity index (χ2v) is 6.35. The Hall–Kier alpha value is -1.30. The molecule has 0 saturated carbocycles. The average molecular weight is 392 g/mol. The maximum atomic E-state index is 12.6. The number of carbonyl (C=O) groups excluding carboxylic acids is 2. The third-order valence-electron chi connectivity index (χ3n) is 4.04. The summed E-state index contributed by atoms with van der Waals surface area (Å²) in [7, 11) is 0. The van der Waals surface area contributed by atoms with Crippen molar-refractivity contribution < 1.29 is 38.7 Å². The molecule has 1 saturated heterocycles. The number of amides is 3. The first kappa shape index (κ1) is 23.7. The van der Waals surface area contributed by atoms with Crippen molar-refractivity contribution in [1.29, 1.82) is 0 Å². The number of urea groups is 1. The summed E-state index contributed by atoms with van der Waals surface area (Å²) in [6.45, 7) is 6.24. The molecule has 0 aromatic carbocycles. The molecule has 1 fully saturated rings. The maximum Gasteiger partial charge on any atom is 0.327 e. The minimum absolute atomic E-state index is 0.0339. The molecular formula is C17H32N2O8. The standard InChI is InChI=1S/C17H32N2O8/c1-17(2)15(22)18(3-7-24-11-13-26-9-5-20)16(23)19(17)4-8-25-12-14-27-10-6-21/h20-21H,3-14H2,1-2H3. The van der Waals surface area contributed by atoms with Crippen LogP contribution in [0.1, 0.15) is 13.8 Å². The van der Waals surface area contributed by atoms with E-state index in [-0.39, 0.29) is 58.1 Å². The molecule has 0 aromatic rings. The number of imide groups is 1. The van der Waals surface area contributed by atoms with Gasteiger partial charge in [0.15, 0.2) is 0 Å². The third-order valence-corrected chi connectivity index (χ3v) is 4.04.